The lowest BCUT2D eigenvalue weighted by atomic mass is 10.1. The zero-order valence-electron chi connectivity index (χ0n) is 17.5. The molecule has 0 bridgehead atoms. The largest absolute Gasteiger partial charge is 0.493 e. The normalized spacial score (nSPS) is 14.3. The van der Waals surface area contributed by atoms with Gasteiger partial charge in [-0.3, -0.25) is 0 Å². The monoisotopic (exact) mass is 450 g/mol. The molecular weight excluding hydrogens is 424 g/mol. The molecule has 1 heterocycles. The molecule has 0 atom stereocenters. The number of morpholine rings is 1. The fraction of sp³-hybridized carbons (Fsp3) is 0.381. The standard InChI is InChI=1S/C21H26N2O7S/c1-28-19-6-3-15(13-20(19)29-2)7-8-22-31(26,27)16-4-5-18(17(14-16)21(24)25)23-9-11-30-12-10-23/h3-6,13-14,22H,7-12H2,1-2H3,(H,24,25). The van der Waals surface area contributed by atoms with E-state index in [1.165, 1.54) is 25.3 Å². The summed E-state index contributed by atoms with van der Waals surface area (Å²) in [6.07, 6.45) is 0.428. The van der Waals surface area contributed by atoms with Gasteiger partial charge in [-0.1, -0.05) is 6.07 Å². The van der Waals surface area contributed by atoms with E-state index in [0.29, 0.717) is 49.9 Å². The summed E-state index contributed by atoms with van der Waals surface area (Å²) in [5, 5.41) is 9.61. The van der Waals surface area contributed by atoms with E-state index in [2.05, 4.69) is 4.72 Å². The zero-order chi connectivity index (χ0) is 22.4. The van der Waals surface area contributed by atoms with Crippen LogP contribution in [0.25, 0.3) is 0 Å². The first-order valence-electron chi connectivity index (χ1n) is 9.76. The van der Waals surface area contributed by atoms with Gasteiger partial charge in [-0.05, 0) is 42.3 Å². The van der Waals surface area contributed by atoms with Crippen molar-refractivity contribution < 1.29 is 32.5 Å². The molecule has 31 heavy (non-hydrogen) atoms. The maximum absolute atomic E-state index is 12.7. The van der Waals surface area contributed by atoms with Crippen molar-refractivity contribution in [2.75, 3.05) is 52.0 Å². The molecule has 3 rings (SSSR count). The van der Waals surface area contributed by atoms with Crippen LogP contribution in [0, 0.1) is 0 Å². The lowest BCUT2D eigenvalue weighted by Gasteiger charge is -2.30. The molecule has 0 aliphatic carbocycles. The molecule has 1 fully saturated rings. The minimum Gasteiger partial charge on any atom is -0.493 e. The molecule has 1 aliphatic rings. The molecule has 0 unspecified atom stereocenters. The second-order valence-electron chi connectivity index (χ2n) is 6.92. The van der Waals surface area contributed by atoms with Gasteiger partial charge in [0.05, 0.1) is 43.6 Å². The average Bonchev–Trinajstić information content (AvgIpc) is 2.79. The summed E-state index contributed by atoms with van der Waals surface area (Å²) in [4.78, 5) is 13.6. The maximum atomic E-state index is 12.7. The number of sulfonamides is 1. The number of carbonyl (C=O) groups is 1. The van der Waals surface area contributed by atoms with Gasteiger partial charge in [0, 0.05) is 19.6 Å². The highest BCUT2D eigenvalue weighted by atomic mass is 32.2. The Hall–Kier alpha value is -2.82. The van der Waals surface area contributed by atoms with Crippen LogP contribution in [-0.2, 0) is 21.2 Å². The molecule has 168 valence electrons. The molecule has 10 heteroatoms. The molecule has 1 aliphatic heterocycles. The highest BCUT2D eigenvalue weighted by molar-refractivity contribution is 7.89. The number of aromatic carboxylic acids is 1. The van der Waals surface area contributed by atoms with Crippen molar-refractivity contribution in [2.45, 2.75) is 11.3 Å². The number of carboxylic acid groups (broad SMARTS) is 1. The molecule has 0 amide bonds. The first kappa shape index (κ1) is 22.9. The van der Waals surface area contributed by atoms with Gasteiger partial charge in [-0.2, -0.15) is 0 Å². The van der Waals surface area contributed by atoms with Gasteiger partial charge >= 0.3 is 5.97 Å². The van der Waals surface area contributed by atoms with Crippen LogP contribution in [0.2, 0.25) is 0 Å². The number of hydrogen-bond donors (Lipinski definition) is 2. The van der Waals surface area contributed by atoms with Crippen LogP contribution < -0.4 is 19.1 Å². The maximum Gasteiger partial charge on any atom is 0.337 e. The minimum atomic E-state index is -3.87. The smallest absolute Gasteiger partial charge is 0.337 e. The number of nitrogens with one attached hydrogen (secondary N) is 1. The van der Waals surface area contributed by atoms with Crippen molar-refractivity contribution in [2.24, 2.45) is 0 Å². The van der Waals surface area contributed by atoms with Crippen LogP contribution in [0.4, 0.5) is 5.69 Å². The second kappa shape index (κ2) is 9.99. The minimum absolute atomic E-state index is 0.0512. The number of ether oxygens (including phenoxy) is 3. The van der Waals surface area contributed by atoms with Crippen molar-refractivity contribution in [3.05, 3.63) is 47.5 Å². The Morgan fingerprint density at radius 3 is 2.45 bits per heavy atom. The third-order valence-corrected chi connectivity index (χ3v) is 6.47. The van der Waals surface area contributed by atoms with Crippen LogP contribution in [0.1, 0.15) is 15.9 Å². The van der Waals surface area contributed by atoms with Crippen molar-refractivity contribution in [1.29, 1.82) is 0 Å². The van der Waals surface area contributed by atoms with Gasteiger partial charge in [0.15, 0.2) is 11.5 Å². The lowest BCUT2D eigenvalue weighted by molar-refractivity contribution is 0.0696. The Bertz CT molecular complexity index is 1030. The number of hydrogen-bond acceptors (Lipinski definition) is 7. The summed E-state index contributed by atoms with van der Waals surface area (Å²) in [7, 11) is -0.799. The third-order valence-electron chi connectivity index (χ3n) is 5.01. The fourth-order valence-electron chi connectivity index (χ4n) is 3.38. The molecule has 1 saturated heterocycles. The van der Waals surface area contributed by atoms with E-state index in [1.807, 2.05) is 11.0 Å². The Kier molecular flexibility index (Phi) is 7.37. The van der Waals surface area contributed by atoms with Crippen LogP contribution in [-0.4, -0.2) is 66.6 Å². The molecule has 0 saturated carbocycles. The Balaban J connectivity index is 1.72. The molecular formula is C21H26N2O7S. The van der Waals surface area contributed by atoms with Crippen LogP contribution >= 0.6 is 0 Å². The van der Waals surface area contributed by atoms with Crippen LogP contribution in [0.3, 0.4) is 0 Å². The molecule has 2 N–H and O–H groups in total. The summed E-state index contributed by atoms with van der Waals surface area (Å²) in [6.45, 7) is 2.24. The molecule has 0 aromatic heterocycles. The molecule has 2 aromatic rings. The van der Waals surface area contributed by atoms with E-state index in [-0.39, 0.29) is 17.0 Å². The Morgan fingerprint density at radius 1 is 1.10 bits per heavy atom. The predicted molar refractivity (Wildman–Crippen MR) is 115 cm³/mol. The fourth-order valence-corrected chi connectivity index (χ4v) is 4.44. The van der Waals surface area contributed by atoms with Gasteiger partial charge < -0.3 is 24.2 Å². The van der Waals surface area contributed by atoms with Gasteiger partial charge in [0.1, 0.15) is 0 Å². The van der Waals surface area contributed by atoms with Crippen LogP contribution in [0.5, 0.6) is 11.5 Å². The van der Waals surface area contributed by atoms with E-state index >= 15 is 0 Å². The van der Waals surface area contributed by atoms with E-state index in [1.54, 1.807) is 19.2 Å². The lowest BCUT2D eigenvalue weighted by Crippen LogP contribution is -2.37. The topological polar surface area (TPSA) is 114 Å². The Morgan fingerprint density at radius 2 is 1.81 bits per heavy atom. The van der Waals surface area contributed by atoms with Gasteiger partial charge in [0.25, 0.3) is 0 Å². The van der Waals surface area contributed by atoms with Gasteiger partial charge in [0.2, 0.25) is 10.0 Å². The summed E-state index contributed by atoms with van der Waals surface area (Å²) in [6, 6.07) is 9.54. The number of rotatable bonds is 9. The Labute approximate surface area is 181 Å². The molecule has 9 nitrogen and oxygen atoms in total. The van der Waals surface area contributed by atoms with E-state index in [0.717, 1.165) is 5.56 Å². The van der Waals surface area contributed by atoms with Crippen LogP contribution in [0.15, 0.2) is 41.3 Å². The number of methoxy groups -OCH3 is 2. The van der Waals surface area contributed by atoms with E-state index < -0.39 is 16.0 Å². The van der Waals surface area contributed by atoms with Crippen molar-refractivity contribution in [1.82, 2.24) is 4.72 Å². The highest BCUT2D eigenvalue weighted by Gasteiger charge is 2.22. The van der Waals surface area contributed by atoms with Crippen molar-refractivity contribution >= 4 is 21.7 Å². The van der Waals surface area contributed by atoms with Gasteiger partial charge in [-0.25, -0.2) is 17.9 Å². The molecule has 0 spiro atoms. The summed E-state index contributed by atoms with van der Waals surface area (Å²) in [5.41, 5.74) is 1.30. The number of benzene rings is 2. The van der Waals surface area contributed by atoms with Crippen molar-refractivity contribution in [3.8, 4) is 11.5 Å². The predicted octanol–water partition coefficient (Wildman–Crippen LogP) is 1.76. The zero-order valence-corrected chi connectivity index (χ0v) is 18.3. The summed E-state index contributed by atoms with van der Waals surface area (Å²) < 4.78 is 43.7. The number of carboxylic acids is 1. The second-order valence-corrected chi connectivity index (χ2v) is 8.69. The third kappa shape index (κ3) is 5.46. The molecule has 0 radical (unpaired) electrons. The van der Waals surface area contributed by atoms with Crippen molar-refractivity contribution in [3.63, 3.8) is 0 Å². The van der Waals surface area contributed by atoms with E-state index in [9.17, 15) is 18.3 Å². The number of anilines is 1. The SMILES string of the molecule is COc1ccc(CCNS(=O)(=O)c2ccc(N3CCOCC3)c(C(=O)O)c2)cc1OC. The first-order valence-corrected chi connectivity index (χ1v) is 11.2. The first-order chi connectivity index (χ1) is 14.9. The highest BCUT2D eigenvalue weighted by Crippen LogP contribution is 2.28. The number of nitrogens with zero attached hydrogens (tertiary/aromatic N) is 1. The quantitative estimate of drug-likeness (QED) is 0.594. The summed E-state index contributed by atoms with van der Waals surface area (Å²) in [5.74, 6) is -0.0232. The average molecular weight is 451 g/mol. The van der Waals surface area contributed by atoms with Gasteiger partial charge in [-0.15, -0.1) is 0 Å². The van der Waals surface area contributed by atoms with E-state index in [4.69, 9.17) is 14.2 Å². The molecule has 2 aromatic carbocycles. The summed E-state index contributed by atoms with van der Waals surface area (Å²) >= 11 is 0.